The van der Waals surface area contributed by atoms with Crippen molar-refractivity contribution in [2.24, 2.45) is 5.73 Å². The molecule has 4 heterocycles. The number of pyridine rings is 1. The number of thiophene rings is 1. The number of carbonyl (C=O) groups is 2. The van der Waals surface area contributed by atoms with Crippen molar-refractivity contribution in [3.05, 3.63) is 64.2 Å². The number of hydrogen-bond acceptors (Lipinski definition) is 6. The summed E-state index contributed by atoms with van der Waals surface area (Å²) in [6.07, 6.45) is 6.73. The van der Waals surface area contributed by atoms with E-state index in [0.29, 0.717) is 30.4 Å². The van der Waals surface area contributed by atoms with Gasteiger partial charge in [-0.05, 0) is 67.1 Å². The molecule has 1 fully saturated rings. The standard InChI is InChI=1S/C24H31N7O2S/c1-17(4-5-21-20(23(25)32)3-2-10-26-21)30-12-7-19(8-13-30)31(15-18-9-14-34-16-18)24(33)28-22-6-11-27-29-22/h2-3,6,9-11,14,16-17,19H,4-5,7-8,12-13,15H2,1H3,(H2,25,32)(H2,27,28,29,33)/t17-/m1/s1. The maximum absolute atomic E-state index is 13.1. The first kappa shape index (κ1) is 23.9. The van der Waals surface area contributed by atoms with E-state index in [4.69, 9.17) is 5.73 Å². The molecule has 4 rings (SSSR count). The van der Waals surface area contributed by atoms with Gasteiger partial charge in [-0.3, -0.25) is 20.2 Å². The fraction of sp³-hybridized carbons (Fsp3) is 0.417. The van der Waals surface area contributed by atoms with Gasteiger partial charge in [-0.2, -0.15) is 16.4 Å². The highest BCUT2D eigenvalue weighted by Gasteiger charge is 2.30. The highest BCUT2D eigenvalue weighted by Crippen LogP contribution is 2.23. The fourth-order valence-corrected chi connectivity index (χ4v) is 5.15. The molecule has 0 radical (unpaired) electrons. The zero-order valence-corrected chi connectivity index (χ0v) is 20.1. The number of hydrogen-bond donors (Lipinski definition) is 3. The molecule has 180 valence electrons. The molecule has 4 N–H and O–H groups in total. The molecule has 0 aliphatic carbocycles. The van der Waals surface area contributed by atoms with Gasteiger partial charge in [0.25, 0.3) is 5.91 Å². The van der Waals surface area contributed by atoms with E-state index >= 15 is 0 Å². The Bertz CT molecular complexity index is 1060. The average molecular weight is 482 g/mol. The zero-order chi connectivity index (χ0) is 23.9. The number of aromatic amines is 1. The number of carbonyl (C=O) groups excluding carboxylic acids is 2. The zero-order valence-electron chi connectivity index (χ0n) is 19.3. The predicted molar refractivity (Wildman–Crippen MR) is 133 cm³/mol. The largest absolute Gasteiger partial charge is 0.366 e. The van der Waals surface area contributed by atoms with Crippen molar-refractivity contribution in [2.45, 2.75) is 51.2 Å². The average Bonchev–Trinajstić information content (AvgIpc) is 3.55. The van der Waals surface area contributed by atoms with Crippen LogP contribution in [0.5, 0.6) is 0 Å². The van der Waals surface area contributed by atoms with Crippen LogP contribution in [0.3, 0.4) is 0 Å². The Kier molecular flexibility index (Phi) is 7.91. The molecular weight excluding hydrogens is 450 g/mol. The first-order valence-electron chi connectivity index (χ1n) is 11.6. The number of nitrogens with two attached hydrogens (primary N) is 1. The Morgan fingerprint density at radius 3 is 2.79 bits per heavy atom. The molecule has 34 heavy (non-hydrogen) atoms. The lowest BCUT2D eigenvalue weighted by atomic mass is 9.99. The van der Waals surface area contributed by atoms with Crippen molar-refractivity contribution in [3.63, 3.8) is 0 Å². The van der Waals surface area contributed by atoms with Crippen LogP contribution in [0.25, 0.3) is 0 Å². The molecule has 1 aliphatic heterocycles. The first-order chi connectivity index (χ1) is 16.5. The highest BCUT2D eigenvalue weighted by molar-refractivity contribution is 7.07. The van der Waals surface area contributed by atoms with Gasteiger partial charge in [-0.25, -0.2) is 4.79 Å². The highest BCUT2D eigenvalue weighted by atomic mass is 32.1. The Morgan fingerprint density at radius 1 is 1.29 bits per heavy atom. The SMILES string of the molecule is C[C@H](CCc1ncccc1C(N)=O)N1CCC(N(Cc2ccsc2)C(=O)Nc2ccn[nH]2)CC1. The maximum Gasteiger partial charge on any atom is 0.323 e. The maximum atomic E-state index is 13.1. The molecule has 0 aromatic carbocycles. The number of anilines is 1. The summed E-state index contributed by atoms with van der Waals surface area (Å²) < 4.78 is 0. The summed E-state index contributed by atoms with van der Waals surface area (Å²) in [7, 11) is 0. The van der Waals surface area contributed by atoms with Crippen molar-refractivity contribution in [2.75, 3.05) is 18.4 Å². The number of urea groups is 1. The van der Waals surface area contributed by atoms with Crippen LogP contribution >= 0.6 is 11.3 Å². The molecular formula is C24H31N7O2S. The number of aromatic nitrogens is 3. The second kappa shape index (κ2) is 11.3. The van der Waals surface area contributed by atoms with Crippen molar-refractivity contribution in [1.29, 1.82) is 0 Å². The number of nitrogens with zero attached hydrogens (tertiary/aromatic N) is 4. The smallest absolute Gasteiger partial charge is 0.323 e. The van der Waals surface area contributed by atoms with Crippen LogP contribution in [0.4, 0.5) is 10.6 Å². The van der Waals surface area contributed by atoms with Gasteiger partial charge in [0.15, 0.2) is 0 Å². The van der Waals surface area contributed by atoms with Crippen LogP contribution < -0.4 is 11.1 Å². The molecule has 1 saturated heterocycles. The summed E-state index contributed by atoms with van der Waals surface area (Å²) in [5, 5.41) is 13.8. The Balaban J connectivity index is 1.34. The molecule has 0 unspecified atom stereocenters. The van der Waals surface area contributed by atoms with Crippen LogP contribution in [0.15, 0.2) is 47.4 Å². The number of primary amides is 1. The van der Waals surface area contributed by atoms with Crippen LogP contribution in [0.1, 0.15) is 47.8 Å². The summed E-state index contributed by atoms with van der Waals surface area (Å²) in [5.41, 5.74) is 7.89. The summed E-state index contributed by atoms with van der Waals surface area (Å²) in [6, 6.07) is 7.67. The lowest BCUT2D eigenvalue weighted by Crippen LogP contribution is -2.50. The van der Waals surface area contributed by atoms with Gasteiger partial charge in [-0.15, -0.1) is 0 Å². The third kappa shape index (κ3) is 6.00. The minimum Gasteiger partial charge on any atom is -0.366 e. The fourth-order valence-electron chi connectivity index (χ4n) is 4.49. The number of H-pyrrole nitrogens is 1. The van der Waals surface area contributed by atoms with Gasteiger partial charge in [0.1, 0.15) is 5.82 Å². The monoisotopic (exact) mass is 481 g/mol. The molecule has 3 amide bonds. The lowest BCUT2D eigenvalue weighted by Gasteiger charge is -2.40. The Morgan fingerprint density at radius 2 is 2.12 bits per heavy atom. The van der Waals surface area contributed by atoms with Gasteiger partial charge in [0, 0.05) is 44.0 Å². The third-order valence-corrected chi connectivity index (χ3v) is 7.19. The molecule has 0 saturated carbocycles. The Labute approximate surface area is 203 Å². The molecule has 0 spiro atoms. The van der Waals surface area contributed by atoms with Gasteiger partial charge < -0.3 is 15.5 Å². The van der Waals surface area contributed by atoms with E-state index in [2.05, 4.69) is 43.8 Å². The van der Waals surface area contributed by atoms with E-state index in [1.807, 2.05) is 10.3 Å². The van der Waals surface area contributed by atoms with E-state index in [1.165, 1.54) is 0 Å². The molecule has 0 bridgehead atoms. The first-order valence-corrected chi connectivity index (χ1v) is 12.5. The van der Waals surface area contributed by atoms with Gasteiger partial charge >= 0.3 is 6.03 Å². The van der Waals surface area contributed by atoms with E-state index in [-0.39, 0.29) is 12.1 Å². The van der Waals surface area contributed by atoms with Crippen LogP contribution in [-0.2, 0) is 13.0 Å². The number of likely N-dealkylation sites (tertiary alicyclic amines) is 1. The van der Waals surface area contributed by atoms with E-state index in [1.54, 1.807) is 41.9 Å². The Hall–Kier alpha value is -3.24. The predicted octanol–water partition coefficient (Wildman–Crippen LogP) is 3.48. The summed E-state index contributed by atoms with van der Waals surface area (Å²) in [6.45, 7) is 4.61. The van der Waals surface area contributed by atoms with E-state index < -0.39 is 5.91 Å². The van der Waals surface area contributed by atoms with Gasteiger partial charge in [-0.1, -0.05) is 0 Å². The van der Waals surface area contributed by atoms with Crippen LogP contribution in [0.2, 0.25) is 0 Å². The summed E-state index contributed by atoms with van der Waals surface area (Å²) in [4.78, 5) is 33.5. The number of piperidine rings is 1. The minimum absolute atomic E-state index is 0.115. The van der Waals surface area contributed by atoms with Crippen LogP contribution in [0, 0.1) is 0 Å². The molecule has 1 atom stereocenters. The van der Waals surface area contributed by atoms with Crippen molar-refractivity contribution in [1.82, 2.24) is 25.0 Å². The number of rotatable bonds is 9. The summed E-state index contributed by atoms with van der Waals surface area (Å²) >= 11 is 1.64. The normalized spacial score (nSPS) is 15.7. The quantitative estimate of drug-likeness (QED) is 0.432. The van der Waals surface area contributed by atoms with Gasteiger partial charge in [0.2, 0.25) is 0 Å². The van der Waals surface area contributed by atoms with E-state index in [9.17, 15) is 9.59 Å². The second-order valence-electron chi connectivity index (χ2n) is 8.68. The van der Waals surface area contributed by atoms with Crippen molar-refractivity contribution < 1.29 is 9.59 Å². The molecule has 10 heteroatoms. The number of aryl methyl sites for hydroxylation is 1. The molecule has 1 aliphatic rings. The number of amides is 3. The van der Waals surface area contributed by atoms with Crippen molar-refractivity contribution >= 4 is 29.1 Å². The third-order valence-electron chi connectivity index (χ3n) is 6.45. The lowest BCUT2D eigenvalue weighted by molar-refractivity contribution is 0.0980. The minimum atomic E-state index is -0.435. The van der Waals surface area contributed by atoms with Gasteiger partial charge in [0.05, 0.1) is 17.5 Å². The topological polar surface area (TPSA) is 120 Å². The number of nitrogens with one attached hydrogen (secondary N) is 2. The van der Waals surface area contributed by atoms with Crippen molar-refractivity contribution in [3.8, 4) is 0 Å². The molecule has 9 nitrogen and oxygen atoms in total. The molecule has 3 aromatic heterocycles. The summed E-state index contributed by atoms with van der Waals surface area (Å²) in [5.74, 6) is 0.159. The molecule has 3 aromatic rings. The van der Waals surface area contributed by atoms with E-state index in [0.717, 1.165) is 43.6 Å². The van der Waals surface area contributed by atoms with Crippen LogP contribution in [-0.4, -0.2) is 62.1 Å². The second-order valence-corrected chi connectivity index (χ2v) is 9.46.